The van der Waals surface area contributed by atoms with E-state index < -0.39 is 11.9 Å². The summed E-state index contributed by atoms with van der Waals surface area (Å²) >= 11 is 0. The van der Waals surface area contributed by atoms with E-state index in [-0.39, 0.29) is 17.7 Å². The van der Waals surface area contributed by atoms with Crippen LogP contribution in [0.2, 0.25) is 0 Å². The van der Waals surface area contributed by atoms with E-state index in [0.29, 0.717) is 0 Å². The van der Waals surface area contributed by atoms with Crippen molar-refractivity contribution >= 4 is 11.9 Å². The van der Waals surface area contributed by atoms with Crippen molar-refractivity contribution < 1.29 is 19.4 Å². The van der Waals surface area contributed by atoms with Gasteiger partial charge >= 0.3 is 11.9 Å². The lowest BCUT2D eigenvalue weighted by Gasteiger charge is -2.04. The van der Waals surface area contributed by atoms with Gasteiger partial charge in [0, 0.05) is 0 Å². The first-order valence-electron chi connectivity index (χ1n) is 5.16. The number of carboxylic acids is 1. The summed E-state index contributed by atoms with van der Waals surface area (Å²) in [4.78, 5) is 22.0. The molecule has 1 aromatic carbocycles. The molecular weight excluding hydrogens is 232 g/mol. The van der Waals surface area contributed by atoms with Gasteiger partial charge in [-0.25, -0.2) is 9.59 Å². The van der Waals surface area contributed by atoms with Crippen molar-refractivity contribution in [3.05, 3.63) is 61.7 Å². The Kier molecular flexibility index (Phi) is 11.1. The molecule has 1 N–H and O–H groups in total. The van der Waals surface area contributed by atoms with Gasteiger partial charge in [0.2, 0.25) is 0 Å². The number of esters is 1. The van der Waals surface area contributed by atoms with Gasteiger partial charge in [-0.05, 0) is 19.1 Å². The molecule has 0 aliphatic heterocycles. The second kappa shape index (κ2) is 11.1. The molecule has 0 radical (unpaired) electrons. The Morgan fingerprint density at radius 2 is 1.56 bits per heavy atom. The Morgan fingerprint density at radius 1 is 1.11 bits per heavy atom. The lowest BCUT2D eigenvalue weighted by Crippen LogP contribution is -2.11. The zero-order valence-electron chi connectivity index (χ0n) is 10.5. The number of rotatable bonds is 3. The second-order valence-corrected chi connectivity index (χ2v) is 2.57. The fourth-order valence-electron chi connectivity index (χ4n) is 1.06. The first kappa shape index (κ1) is 18.0. The maximum Gasteiger partial charge on any atom is 0.338 e. The predicted molar refractivity (Wildman–Crippen MR) is 71.9 cm³/mol. The molecule has 0 aromatic heterocycles. The van der Waals surface area contributed by atoms with Crippen LogP contribution < -0.4 is 0 Å². The summed E-state index contributed by atoms with van der Waals surface area (Å²) in [5.41, 5.74) is 0.0489. The van der Waals surface area contributed by atoms with Gasteiger partial charge in [-0.15, -0.1) is 26.3 Å². The van der Waals surface area contributed by atoms with E-state index in [1.807, 2.05) is 0 Å². The Hall–Kier alpha value is -2.36. The minimum Gasteiger partial charge on any atom is -0.478 e. The van der Waals surface area contributed by atoms with Gasteiger partial charge < -0.3 is 9.84 Å². The maximum absolute atomic E-state index is 11.3. The Balaban J connectivity index is 0. The normalized spacial score (nSPS) is 7.83. The molecule has 0 saturated heterocycles. The molecule has 0 bridgehead atoms. The van der Waals surface area contributed by atoms with Crippen molar-refractivity contribution in [3.8, 4) is 0 Å². The van der Waals surface area contributed by atoms with Crippen molar-refractivity contribution in [1.82, 2.24) is 0 Å². The van der Waals surface area contributed by atoms with Crippen molar-refractivity contribution in [1.29, 1.82) is 0 Å². The molecule has 0 spiro atoms. The fourth-order valence-corrected chi connectivity index (χ4v) is 1.06. The van der Waals surface area contributed by atoms with Crippen molar-refractivity contribution in [3.63, 3.8) is 0 Å². The summed E-state index contributed by atoms with van der Waals surface area (Å²) in [6.07, 6.45) is 0. The number of benzene rings is 1. The topological polar surface area (TPSA) is 63.6 Å². The highest BCUT2D eigenvalue weighted by atomic mass is 16.5. The fraction of sp³-hybridized carbons (Fsp3) is 0.143. The quantitative estimate of drug-likeness (QED) is 0.661. The highest BCUT2D eigenvalue weighted by Gasteiger charge is 2.15. The minimum atomic E-state index is -1.13. The summed E-state index contributed by atoms with van der Waals surface area (Å²) in [6.45, 7) is 13.9. The van der Waals surface area contributed by atoms with Gasteiger partial charge in [0.25, 0.3) is 0 Å². The molecule has 4 heteroatoms. The van der Waals surface area contributed by atoms with E-state index >= 15 is 0 Å². The third-order valence-corrected chi connectivity index (χ3v) is 1.65. The third kappa shape index (κ3) is 5.65. The molecule has 0 atom stereocenters. The van der Waals surface area contributed by atoms with Crippen LogP contribution in [-0.4, -0.2) is 23.7 Å². The van der Waals surface area contributed by atoms with Crippen molar-refractivity contribution in [2.24, 2.45) is 0 Å². The summed E-state index contributed by atoms with van der Waals surface area (Å²) in [5.74, 6) is -1.74. The highest BCUT2D eigenvalue weighted by molar-refractivity contribution is 6.02. The van der Waals surface area contributed by atoms with Gasteiger partial charge in [0.1, 0.15) is 0 Å². The average molecular weight is 250 g/mol. The SMILES string of the molecule is C=C.C=C.CCOC(=O)c1ccccc1C(=O)O. The molecule has 0 amide bonds. The van der Waals surface area contributed by atoms with E-state index in [1.165, 1.54) is 12.1 Å². The maximum atomic E-state index is 11.3. The largest absolute Gasteiger partial charge is 0.478 e. The van der Waals surface area contributed by atoms with Gasteiger partial charge in [0.15, 0.2) is 0 Å². The smallest absolute Gasteiger partial charge is 0.338 e. The van der Waals surface area contributed by atoms with Crippen LogP contribution in [0.15, 0.2) is 50.6 Å². The van der Waals surface area contributed by atoms with E-state index in [0.717, 1.165) is 0 Å². The molecule has 0 aliphatic rings. The first-order valence-corrected chi connectivity index (χ1v) is 5.16. The Bertz CT molecular complexity index is 383. The first-order chi connectivity index (χ1) is 8.66. The Labute approximate surface area is 107 Å². The standard InChI is InChI=1S/C10H10O4.2C2H4/c1-2-14-10(13)8-6-4-3-5-7(8)9(11)12;2*1-2/h3-6H,2H2,1H3,(H,11,12);2*1-2H2. The van der Waals surface area contributed by atoms with Gasteiger partial charge in [-0.1, -0.05) is 12.1 Å². The van der Waals surface area contributed by atoms with E-state index in [9.17, 15) is 9.59 Å². The van der Waals surface area contributed by atoms with Crippen LogP contribution in [0.25, 0.3) is 0 Å². The number of aromatic carboxylic acids is 1. The lowest BCUT2D eigenvalue weighted by molar-refractivity contribution is 0.0514. The molecule has 0 saturated carbocycles. The van der Waals surface area contributed by atoms with Gasteiger partial charge in [0.05, 0.1) is 17.7 Å². The molecule has 4 nitrogen and oxygen atoms in total. The van der Waals surface area contributed by atoms with Crippen LogP contribution in [0.1, 0.15) is 27.6 Å². The highest BCUT2D eigenvalue weighted by Crippen LogP contribution is 2.09. The Morgan fingerprint density at radius 3 is 1.94 bits per heavy atom. The van der Waals surface area contributed by atoms with Crippen LogP contribution in [0.3, 0.4) is 0 Å². The monoisotopic (exact) mass is 250 g/mol. The number of hydrogen-bond acceptors (Lipinski definition) is 3. The van der Waals surface area contributed by atoms with Crippen LogP contribution >= 0.6 is 0 Å². The second-order valence-electron chi connectivity index (χ2n) is 2.57. The number of hydrogen-bond donors (Lipinski definition) is 1. The predicted octanol–water partition coefficient (Wildman–Crippen LogP) is 3.17. The molecule has 0 unspecified atom stereocenters. The number of carboxylic acid groups (broad SMARTS) is 1. The van der Waals surface area contributed by atoms with E-state index in [4.69, 9.17) is 9.84 Å². The zero-order valence-corrected chi connectivity index (χ0v) is 10.5. The molecule has 0 heterocycles. The number of ether oxygens (including phenoxy) is 1. The van der Waals surface area contributed by atoms with Crippen molar-refractivity contribution in [2.75, 3.05) is 6.61 Å². The molecule has 0 aliphatic carbocycles. The van der Waals surface area contributed by atoms with Gasteiger partial charge in [-0.2, -0.15) is 0 Å². The summed E-state index contributed by atoms with van der Waals surface area (Å²) in [5, 5.41) is 8.77. The van der Waals surface area contributed by atoms with Crippen LogP contribution in [0.5, 0.6) is 0 Å². The molecule has 1 rings (SSSR count). The molecule has 0 fully saturated rings. The lowest BCUT2D eigenvalue weighted by atomic mass is 10.1. The average Bonchev–Trinajstić information content (AvgIpc) is 2.43. The zero-order chi connectivity index (χ0) is 14.6. The molecule has 98 valence electrons. The number of carbonyl (C=O) groups is 2. The summed E-state index contributed by atoms with van der Waals surface area (Å²) in [7, 11) is 0. The van der Waals surface area contributed by atoms with Crippen LogP contribution in [-0.2, 0) is 4.74 Å². The third-order valence-electron chi connectivity index (χ3n) is 1.65. The number of carbonyl (C=O) groups excluding carboxylic acids is 1. The minimum absolute atomic E-state index is 0.0362. The van der Waals surface area contributed by atoms with E-state index in [2.05, 4.69) is 26.3 Å². The van der Waals surface area contributed by atoms with Crippen molar-refractivity contribution in [2.45, 2.75) is 6.92 Å². The van der Waals surface area contributed by atoms with E-state index in [1.54, 1.807) is 19.1 Å². The summed E-state index contributed by atoms with van der Waals surface area (Å²) in [6, 6.07) is 5.96. The summed E-state index contributed by atoms with van der Waals surface area (Å²) < 4.78 is 4.72. The molecule has 18 heavy (non-hydrogen) atoms. The molecular formula is C14H18O4. The van der Waals surface area contributed by atoms with Gasteiger partial charge in [-0.3, -0.25) is 0 Å². The van der Waals surface area contributed by atoms with Crippen LogP contribution in [0.4, 0.5) is 0 Å². The molecule has 1 aromatic rings. The van der Waals surface area contributed by atoms with Crippen LogP contribution in [0, 0.1) is 0 Å².